The fourth-order valence-electron chi connectivity index (χ4n) is 6.25. The lowest BCUT2D eigenvalue weighted by Crippen LogP contribution is -2.49. The van der Waals surface area contributed by atoms with Crippen LogP contribution in [0, 0.1) is 5.41 Å². The Morgan fingerprint density at radius 1 is 0.976 bits per heavy atom. The number of nitrogens with zero attached hydrogens (tertiary/aromatic N) is 2. The fraction of sp³-hybridized carbons (Fsp3) is 0.412. The van der Waals surface area contributed by atoms with Crippen LogP contribution in [0.3, 0.4) is 0 Å². The van der Waals surface area contributed by atoms with Crippen LogP contribution in [0.15, 0.2) is 78.9 Å². The van der Waals surface area contributed by atoms with Gasteiger partial charge in [-0.25, -0.2) is 9.69 Å². The molecule has 0 bridgehead atoms. The van der Waals surface area contributed by atoms with Crippen LogP contribution in [0.1, 0.15) is 62.8 Å². The van der Waals surface area contributed by atoms with Gasteiger partial charge in [0.05, 0.1) is 12.5 Å². The lowest BCUT2D eigenvalue weighted by Gasteiger charge is -2.36. The number of benzene rings is 3. The normalized spacial score (nSPS) is 23.0. The minimum atomic E-state index is -0.848. The van der Waals surface area contributed by atoms with Gasteiger partial charge in [-0.05, 0) is 56.0 Å². The van der Waals surface area contributed by atoms with Gasteiger partial charge >= 0.3 is 6.09 Å². The van der Waals surface area contributed by atoms with E-state index in [1.807, 2.05) is 94.4 Å². The molecule has 2 saturated heterocycles. The highest BCUT2D eigenvalue weighted by atomic mass is 16.6. The van der Waals surface area contributed by atoms with Crippen molar-refractivity contribution in [2.24, 2.45) is 5.41 Å². The van der Waals surface area contributed by atoms with Gasteiger partial charge in [-0.1, -0.05) is 73.7 Å². The molecule has 2 heterocycles. The molecule has 0 aromatic heterocycles. The summed E-state index contributed by atoms with van der Waals surface area (Å²) in [5, 5.41) is 0. The van der Waals surface area contributed by atoms with E-state index in [2.05, 4.69) is 17.0 Å². The number of methoxy groups -OCH3 is 1. The van der Waals surface area contributed by atoms with Gasteiger partial charge in [0.1, 0.15) is 18.2 Å². The number of carbonyl (C=O) groups excluding carboxylic acids is 2. The summed E-state index contributed by atoms with van der Waals surface area (Å²) in [5.41, 5.74) is 1.78. The van der Waals surface area contributed by atoms with Gasteiger partial charge in [0.15, 0.2) is 11.5 Å². The first-order valence-corrected chi connectivity index (χ1v) is 14.3. The molecule has 3 aromatic carbocycles. The molecule has 0 saturated carbocycles. The van der Waals surface area contributed by atoms with E-state index in [1.54, 1.807) is 7.11 Å². The van der Waals surface area contributed by atoms with Crippen molar-refractivity contribution in [3.63, 3.8) is 0 Å². The van der Waals surface area contributed by atoms with Crippen LogP contribution >= 0.6 is 0 Å². The molecular formula is C34H40N2O5. The van der Waals surface area contributed by atoms with E-state index >= 15 is 0 Å². The van der Waals surface area contributed by atoms with E-state index in [0.717, 1.165) is 11.1 Å². The second-order valence-electron chi connectivity index (χ2n) is 12.0. The Morgan fingerprint density at radius 3 is 2.29 bits per heavy atom. The van der Waals surface area contributed by atoms with Gasteiger partial charge in [0, 0.05) is 25.6 Å². The number of hydrogen-bond acceptors (Lipinski definition) is 6. The molecule has 0 aliphatic carbocycles. The van der Waals surface area contributed by atoms with Crippen LogP contribution in [-0.2, 0) is 16.1 Å². The second-order valence-corrected chi connectivity index (χ2v) is 12.0. The number of cyclic esters (lactones) is 1. The SMILES string of the molecule is CCC1(C(=O)N2C(=O)OCC2c2ccccc2)CN(Cc2ccccc2)CC1c1ccc(OC)c(OC(C)(C)C)c1. The average Bonchev–Trinajstić information content (AvgIpc) is 3.54. The predicted octanol–water partition coefficient (Wildman–Crippen LogP) is 6.59. The summed E-state index contributed by atoms with van der Waals surface area (Å²) in [6, 6.07) is 25.4. The third-order valence-electron chi connectivity index (χ3n) is 8.20. The quantitative estimate of drug-likeness (QED) is 0.312. The molecule has 0 spiro atoms. The van der Waals surface area contributed by atoms with Crippen LogP contribution in [0.25, 0.3) is 0 Å². The van der Waals surface area contributed by atoms with Crippen molar-refractivity contribution in [2.75, 3.05) is 26.8 Å². The van der Waals surface area contributed by atoms with Crippen molar-refractivity contribution in [3.05, 3.63) is 95.6 Å². The number of amides is 2. The first kappa shape index (κ1) is 28.7. The Labute approximate surface area is 243 Å². The van der Waals surface area contributed by atoms with E-state index in [1.165, 1.54) is 10.5 Å². The Balaban J connectivity index is 1.57. The van der Waals surface area contributed by atoms with Gasteiger partial charge in [-0.15, -0.1) is 0 Å². The molecule has 0 N–H and O–H groups in total. The van der Waals surface area contributed by atoms with Crippen molar-refractivity contribution < 1.29 is 23.8 Å². The van der Waals surface area contributed by atoms with E-state index in [9.17, 15) is 9.59 Å². The summed E-state index contributed by atoms with van der Waals surface area (Å²) in [5.74, 6) is 0.912. The Hall–Kier alpha value is -3.84. The molecule has 2 aliphatic heterocycles. The van der Waals surface area contributed by atoms with Crippen LogP contribution < -0.4 is 9.47 Å². The van der Waals surface area contributed by atoms with Crippen molar-refractivity contribution in [3.8, 4) is 11.5 Å². The van der Waals surface area contributed by atoms with Gasteiger partial charge in [0.25, 0.3) is 0 Å². The minimum absolute atomic E-state index is 0.152. The molecule has 7 nitrogen and oxygen atoms in total. The van der Waals surface area contributed by atoms with Crippen molar-refractivity contribution in [1.29, 1.82) is 0 Å². The number of hydrogen-bond donors (Lipinski definition) is 0. The van der Waals surface area contributed by atoms with Gasteiger partial charge in [-0.2, -0.15) is 0 Å². The number of ether oxygens (including phenoxy) is 3. The van der Waals surface area contributed by atoms with E-state index in [4.69, 9.17) is 14.2 Å². The first-order valence-electron chi connectivity index (χ1n) is 14.3. The monoisotopic (exact) mass is 556 g/mol. The molecule has 216 valence electrons. The number of carbonyl (C=O) groups is 2. The maximum Gasteiger partial charge on any atom is 0.417 e. The maximum absolute atomic E-state index is 14.8. The summed E-state index contributed by atoms with van der Waals surface area (Å²) >= 11 is 0. The zero-order chi connectivity index (χ0) is 29.2. The highest BCUT2D eigenvalue weighted by molar-refractivity contribution is 5.98. The molecule has 7 heteroatoms. The fourth-order valence-corrected chi connectivity index (χ4v) is 6.25. The van der Waals surface area contributed by atoms with Gasteiger partial charge < -0.3 is 14.2 Å². The largest absolute Gasteiger partial charge is 0.493 e. The molecular weight excluding hydrogens is 516 g/mol. The van der Waals surface area contributed by atoms with Crippen LogP contribution in [0.4, 0.5) is 4.79 Å². The molecule has 3 atom stereocenters. The van der Waals surface area contributed by atoms with Crippen molar-refractivity contribution in [1.82, 2.24) is 9.80 Å². The molecule has 2 amide bonds. The van der Waals surface area contributed by atoms with Crippen LogP contribution in [0.5, 0.6) is 11.5 Å². The van der Waals surface area contributed by atoms with E-state index in [0.29, 0.717) is 37.6 Å². The van der Waals surface area contributed by atoms with Crippen molar-refractivity contribution in [2.45, 2.75) is 58.2 Å². The average molecular weight is 557 g/mol. The summed E-state index contributed by atoms with van der Waals surface area (Å²) in [6.07, 6.45) is -0.0161. The van der Waals surface area contributed by atoms with Gasteiger partial charge in [0.2, 0.25) is 5.91 Å². The predicted molar refractivity (Wildman–Crippen MR) is 158 cm³/mol. The molecule has 0 radical (unpaired) electrons. The summed E-state index contributed by atoms with van der Waals surface area (Å²) in [7, 11) is 1.63. The molecule has 2 fully saturated rings. The molecule has 3 aromatic rings. The molecule has 3 unspecified atom stereocenters. The lowest BCUT2D eigenvalue weighted by molar-refractivity contribution is -0.140. The zero-order valence-corrected chi connectivity index (χ0v) is 24.6. The van der Waals surface area contributed by atoms with E-state index in [-0.39, 0.29) is 18.4 Å². The smallest absolute Gasteiger partial charge is 0.417 e. The second kappa shape index (κ2) is 11.6. The Bertz CT molecular complexity index is 1370. The number of rotatable bonds is 8. The maximum atomic E-state index is 14.8. The Morgan fingerprint density at radius 2 is 1.66 bits per heavy atom. The zero-order valence-electron chi connectivity index (χ0n) is 24.6. The van der Waals surface area contributed by atoms with Crippen molar-refractivity contribution >= 4 is 12.0 Å². The lowest BCUT2D eigenvalue weighted by atomic mass is 9.71. The Kier molecular flexibility index (Phi) is 8.09. The molecule has 41 heavy (non-hydrogen) atoms. The summed E-state index contributed by atoms with van der Waals surface area (Å²) in [4.78, 5) is 31.6. The third kappa shape index (κ3) is 5.82. The minimum Gasteiger partial charge on any atom is -0.493 e. The van der Waals surface area contributed by atoms with Crippen LogP contribution in [-0.4, -0.2) is 54.2 Å². The van der Waals surface area contributed by atoms with E-state index < -0.39 is 23.2 Å². The summed E-state index contributed by atoms with van der Waals surface area (Å²) < 4.78 is 17.4. The first-order chi connectivity index (χ1) is 19.6. The highest BCUT2D eigenvalue weighted by Gasteiger charge is 2.56. The summed E-state index contributed by atoms with van der Waals surface area (Å²) in [6.45, 7) is 10.1. The van der Waals surface area contributed by atoms with Crippen LogP contribution in [0.2, 0.25) is 0 Å². The standard InChI is InChI=1S/C34H40N2O5/c1-6-34(31(37)36-28(22-40-32(36)38)25-15-11-8-12-16-25)23-35(20-24-13-9-7-10-14-24)21-27(34)26-17-18-29(39-5)30(19-26)41-33(2,3)4/h7-19,27-28H,6,20-23H2,1-5H3. The van der Waals surface area contributed by atoms with Gasteiger partial charge in [-0.3, -0.25) is 9.69 Å². The number of imide groups is 1. The molecule has 5 rings (SSSR count). The molecule has 2 aliphatic rings. The number of likely N-dealkylation sites (tertiary alicyclic amines) is 1. The topological polar surface area (TPSA) is 68.3 Å². The third-order valence-corrected chi connectivity index (χ3v) is 8.20. The highest BCUT2D eigenvalue weighted by Crippen LogP contribution is 2.50.